The second kappa shape index (κ2) is 4.16. The van der Waals surface area contributed by atoms with Crippen LogP contribution in [0.5, 0.6) is 0 Å². The van der Waals surface area contributed by atoms with Crippen molar-refractivity contribution in [3.05, 3.63) is 12.0 Å². The second-order valence-electron chi connectivity index (χ2n) is 2.84. The highest BCUT2D eigenvalue weighted by atomic mass is 16.6. The molecule has 1 rings (SSSR count). The van der Waals surface area contributed by atoms with Crippen LogP contribution in [-0.2, 0) is 9.47 Å². The lowest BCUT2D eigenvalue weighted by atomic mass is 10.2. The van der Waals surface area contributed by atoms with Gasteiger partial charge < -0.3 is 9.47 Å². The van der Waals surface area contributed by atoms with Crippen molar-refractivity contribution in [2.75, 3.05) is 13.7 Å². The molecule has 1 aliphatic heterocycles. The highest BCUT2D eigenvalue weighted by Crippen LogP contribution is 2.20. The largest absolute Gasteiger partial charge is 0.482 e. The van der Waals surface area contributed by atoms with E-state index in [2.05, 4.69) is 0 Å². The fourth-order valence-corrected chi connectivity index (χ4v) is 1.39. The third-order valence-electron chi connectivity index (χ3n) is 2.13. The van der Waals surface area contributed by atoms with Gasteiger partial charge in [0.25, 0.3) is 0 Å². The van der Waals surface area contributed by atoms with Crippen LogP contribution in [0, 0.1) is 0 Å². The lowest BCUT2D eigenvalue weighted by molar-refractivity contribution is 0.133. The quantitative estimate of drug-likeness (QED) is 0.628. The van der Waals surface area contributed by atoms with E-state index in [1.54, 1.807) is 18.1 Å². The zero-order valence-electron chi connectivity index (χ0n) is 8.24. The smallest absolute Gasteiger partial charge is 0.417 e. The molecular weight excluding hydrogens is 170 g/mol. The second-order valence-corrected chi connectivity index (χ2v) is 2.84. The first kappa shape index (κ1) is 9.89. The van der Waals surface area contributed by atoms with Crippen molar-refractivity contribution >= 4 is 6.09 Å². The molecule has 13 heavy (non-hydrogen) atoms. The van der Waals surface area contributed by atoms with Crippen molar-refractivity contribution < 1.29 is 14.3 Å². The molecule has 0 aromatic rings. The summed E-state index contributed by atoms with van der Waals surface area (Å²) in [7, 11) is 1.55. The van der Waals surface area contributed by atoms with Gasteiger partial charge in [0.2, 0.25) is 0 Å². The van der Waals surface area contributed by atoms with Crippen molar-refractivity contribution in [2.45, 2.75) is 26.3 Å². The zero-order valence-corrected chi connectivity index (χ0v) is 8.24. The van der Waals surface area contributed by atoms with Gasteiger partial charge in [-0.2, -0.15) is 0 Å². The van der Waals surface area contributed by atoms with Gasteiger partial charge in [-0.05, 0) is 19.4 Å². The number of hydrogen-bond donors (Lipinski definition) is 0. The molecule has 0 aromatic heterocycles. The molecule has 0 unspecified atom stereocenters. The molecule has 4 nitrogen and oxygen atoms in total. The van der Waals surface area contributed by atoms with Crippen LogP contribution in [-0.4, -0.2) is 30.8 Å². The van der Waals surface area contributed by atoms with Crippen molar-refractivity contribution in [3.63, 3.8) is 0 Å². The minimum atomic E-state index is -0.318. The van der Waals surface area contributed by atoms with Crippen LogP contribution in [0.3, 0.4) is 0 Å². The van der Waals surface area contributed by atoms with E-state index in [-0.39, 0.29) is 12.1 Å². The van der Waals surface area contributed by atoms with Crippen LogP contribution < -0.4 is 0 Å². The molecule has 0 aromatic carbocycles. The van der Waals surface area contributed by atoms with E-state index in [1.807, 2.05) is 13.8 Å². The number of allylic oxidation sites excluding steroid dienone is 1. The Morgan fingerprint density at radius 1 is 1.85 bits per heavy atom. The first-order chi connectivity index (χ1) is 6.24. The fourth-order valence-electron chi connectivity index (χ4n) is 1.39. The number of carbonyl (C=O) groups is 1. The fraction of sp³-hybridized carbons (Fsp3) is 0.667. The van der Waals surface area contributed by atoms with Gasteiger partial charge in [0.1, 0.15) is 6.61 Å². The Labute approximate surface area is 78.1 Å². The molecular formula is C9H15NO3. The highest BCUT2D eigenvalue weighted by Gasteiger charge is 2.34. The van der Waals surface area contributed by atoms with Gasteiger partial charge in [-0.25, -0.2) is 9.69 Å². The van der Waals surface area contributed by atoms with E-state index in [1.165, 1.54) is 0 Å². The van der Waals surface area contributed by atoms with Crippen molar-refractivity contribution in [1.29, 1.82) is 0 Å². The average Bonchev–Trinajstić information content (AvgIpc) is 2.51. The summed E-state index contributed by atoms with van der Waals surface area (Å²) in [5.74, 6) is 0.564. The molecule has 4 heteroatoms. The van der Waals surface area contributed by atoms with Gasteiger partial charge in [0, 0.05) is 0 Å². The molecule has 0 saturated carbocycles. The normalized spacial score (nSPS) is 23.3. The van der Waals surface area contributed by atoms with Crippen molar-refractivity contribution in [3.8, 4) is 0 Å². The third kappa shape index (κ3) is 1.76. The first-order valence-corrected chi connectivity index (χ1v) is 4.40. The molecule has 0 bridgehead atoms. The molecule has 0 aliphatic carbocycles. The SMILES string of the molecule is C/C=C(\OC)N1C(=O)OC[C@H]1CC. The number of rotatable bonds is 3. The van der Waals surface area contributed by atoms with E-state index in [0.29, 0.717) is 12.5 Å². The molecule has 1 heterocycles. The summed E-state index contributed by atoms with van der Waals surface area (Å²) >= 11 is 0. The summed E-state index contributed by atoms with van der Waals surface area (Å²) in [4.78, 5) is 12.8. The molecule has 0 spiro atoms. The first-order valence-electron chi connectivity index (χ1n) is 4.40. The van der Waals surface area contributed by atoms with E-state index in [9.17, 15) is 4.79 Å². The third-order valence-corrected chi connectivity index (χ3v) is 2.13. The van der Waals surface area contributed by atoms with Crippen LogP contribution >= 0.6 is 0 Å². The Morgan fingerprint density at radius 2 is 2.54 bits per heavy atom. The maximum Gasteiger partial charge on any atom is 0.417 e. The number of methoxy groups -OCH3 is 1. The van der Waals surface area contributed by atoms with Crippen molar-refractivity contribution in [1.82, 2.24) is 4.90 Å². The monoisotopic (exact) mass is 185 g/mol. The molecule has 1 aliphatic rings. The lowest BCUT2D eigenvalue weighted by Crippen LogP contribution is -2.32. The number of carbonyl (C=O) groups excluding carboxylic acids is 1. The van der Waals surface area contributed by atoms with E-state index >= 15 is 0 Å². The van der Waals surface area contributed by atoms with Gasteiger partial charge in [0.05, 0.1) is 13.2 Å². The van der Waals surface area contributed by atoms with Crippen molar-refractivity contribution in [2.24, 2.45) is 0 Å². The Balaban J connectivity index is 2.80. The maximum absolute atomic E-state index is 11.3. The van der Waals surface area contributed by atoms with Gasteiger partial charge in [0.15, 0.2) is 5.88 Å². The summed E-state index contributed by atoms with van der Waals surface area (Å²) in [6.07, 6.45) is 2.31. The number of ether oxygens (including phenoxy) is 2. The van der Waals surface area contributed by atoms with Crippen LogP contribution in [0.1, 0.15) is 20.3 Å². The van der Waals surface area contributed by atoms with Crippen LogP contribution in [0.2, 0.25) is 0 Å². The van der Waals surface area contributed by atoms with E-state index in [0.717, 1.165) is 6.42 Å². The Kier molecular flexibility index (Phi) is 3.17. The summed E-state index contributed by atoms with van der Waals surface area (Å²) < 4.78 is 9.99. The van der Waals surface area contributed by atoms with Gasteiger partial charge in [-0.3, -0.25) is 0 Å². The van der Waals surface area contributed by atoms with Gasteiger partial charge in [-0.1, -0.05) is 6.92 Å². The molecule has 1 fully saturated rings. The van der Waals surface area contributed by atoms with E-state index < -0.39 is 0 Å². The number of cyclic esters (lactones) is 1. The summed E-state index contributed by atoms with van der Waals surface area (Å²) in [5, 5.41) is 0. The van der Waals surface area contributed by atoms with Crippen LogP contribution in [0.25, 0.3) is 0 Å². The Hall–Kier alpha value is -1.19. The molecule has 1 amide bonds. The maximum atomic E-state index is 11.3. The predicted octanol–water partition coefficient (Wildman–Crippen LogP) is 1.72. The molecule has 1 saturated heterocycles. The molecule has 1 atom stereocenters. The molecule has 74 valence electrons. The summed E-state index contributed by atoms with van der Waals surface area (Å²) in [6, 6.07) is 0.110. The number of nitrogens with zero attached hydrogens (tertiary/aromatic N) is 1. The lowest BCUT2D eigenvalue weighted by Gasteiger charge is -2.21. The number of amides is 1. The summed E-state index contributed by atoms with van der Waals surface area (Å²) in [5.41, 5.74) is 0. The Bertz CT molecular complexity index is 225. The molecule has 0 radical (unpaired) electrons. The minimum Gasteiger partial charge on any atom is -0.482 e. The predicted molar refractivity (Wildman–Crippen MR) is 48.0 cm³/mol. The average molecular weight is 185 g/mol. The Morgan fingerprint density at radius 3 is 3.00 bits per heavy atom. The number of hydrogen-bond acceptors (Lipinski definition) is 3. The summed E-state index contributed by atoms with van der Waals surface area (Å²) in [6.45, 7) is 4.30. The minimum absolute atomic E-state index is 0.110. The van der Waals surface area contributed by atoms with Gasteiger partial charge in [-0.15, -0.1) is 0 Å². The zero-order chi connectivity index (χ0) is 9.84. The van der Waals surface area contributed by atoms with Crippen LogP contribution in [0.15, 0.2) is 12.0 Å². The van der Waals surface area contributed by atoms with Crippen LogP contribution in [0.4, 0.5) is 4.79 Å². The standard InChI is InChI=1S/C9H15NO3/c1-4-7-6-13-9(11)10(7)8(5-2)12-3/h5,7H,4,6H2,1-3H3/b8-5-/t7-/m1/s1. The highest BCUT2D eigenvalue weighted by molar-refractivity contribution is 5.72. The van der Waals surface area contributed by atoms with E-state index in [4.69, 9.17) is 9.47 Å². The molecule has 0 N–H and O–H groups in total. The topological polar surface area (TPSA) is 38.8 Å². The van der Waals surface area contributed by atoms with Gasteiger partial charge >= 0.3 is 6.09 Å².